The van der Waals surface area contributed by atoms with Crippen LogP contribution in [-0.4, -0.2) is 10.0 Å². The van der Waals surface area contributed by atoms with Crippen LogP contribution < -0.4 is 0 Å². The molecule has 110 valence electrons. The molecule has 1 aromatic heterocycles. The van der Waals surface area contributed by atoms with Crippen LogP contribution >= 0.6 is 0 Å². The molecular formula is C17H13NO4. The minimum Gasteiger partial charge on any atom is -0.456 e. The van der Waals surface area contributed by atoms with Gasteiger partial charge >= 0.3 is 0 Å². The smallest absolute Gasteiger partial charge is 0.235 e. The lowest BCUT2D eigenvalue weighted by Gasteiger charge is -2.01. The van der Waals surface area contributed by atoms with Crippen LogP contribution in [0.4, 0.5) is 0 Å². The monoisotopic (exact) mass is 295 g/mol. The summed E-state index contributed by atoms with van der Waals surface area (Å²) in [5, 5.41) is 20.8. The van der Waals surface area contributed by atoms with Gasteiger partial charge in [-0.2, -0.15) is 0 Å². The third kappa shape index (κ3) is 2.62. The summed E-state index contributed by atoms with van der Waals surface area (Å²) >= 11 is 0. The lowest BCUT2D eigenvalue weighted by molar-refractivity contribution is -0.400. The van der Waals surface area contributed by atoms with E-state index in [-0.39, 0.29) is 6.61 Å². The summed E-state index contributed by atoms with van der Waals surface area (Å²) in [7, 11) is 0. The number of furan rings is 1. The van der Waals surface area contributed by atoms with Gasteiger partial charge in [0.1, 0.15) is 11.3 Å². The average molecular weight is 295 g/mol. The van der Waals surface area contributed by atoms with Crippen molar-refractivity contribution in [3.63, 3.8) is 0 Å². The summed E-state index contributed by atoms with van der Waals surface area (Å²) in [5.41, 5.74) is 3.00. The van der Waals surface area contributed by atoms with Crippen molar-refractivity contribution in [1.82, 2.24) is 0 Å². The summed E-state index contributed by atoms with van der Waals surface area (Å²) in [6.07, 6.45) is 2.32. The normalized spacial score (nSPS) is 11.3. The molecule has 3 rings (SSSR count). The van der Waals surface area contributed by atoms with Gasteiger partial charge in [-0.1, -0.05) is 42.5 Å². The second-order valence-electron chi connectivity index (χ2n) is 4.79. The number of para-hydroxylation sites is 1. The van der Waals surface area contributed by atoms with Crippen molar-refractivity contribution in [3.05, 3.63) is 76.0 Å². The van der Waals surface area contributed by atoms with Crippen LogP contribution in [0.15, 0.2) is 59.1 Å². The fourth-order valence-electron chi connectivity index (χ4n) is 2.38. The molecule has 0 bridgehead atoms. The van der Waals surface area contributed by atoms with E-state index in [1.54, 1.807) is 12.1 Å². The highest BCUT2D eigenvalue weighted by molar-refractivity contribution is 5.87. The molecule has 22 heavy (non-hydrogen) atoms. The molecule has 0 atom stereocenters. The van der Waals surface area contributed by atoms with Crippen molar-refractivity contribution >= 4 is 17.0 Å². The number of rotatable bonds is 4. The Morgan fingerprint density at radius 3 is 2.55 bits per heavy atom. The molecular weight excluding hydrogens is 282 g/mol. The second-order valence-corrected chi connectivity index (χ2v) is 4.79. The quantitative estimate of drug-likeness (QED) is 0.586. The predicted molar refractivity (Wildman–Crippen MR) is 83.6 cm³/mol. The van der Waals surface area contributed by atoms with E-state index in [1.807, 2.05) is 36.4 Å². The van der Waals surface area contributed by atoms with Gasteiger partial charge in [-0.25, -0.2) is 0 Å². The number of aliphatic hydroxyl groups is 1. The molecule has 0 fully saturated rings. The van der Waals surface area contributed by atoms with Crippen LogP contribution in [0.3, 0.4) is 0 Å². The minimum atomic E-state index is -0.503. The Morgan fingerprint density at radius 1 is 1.14 bits per heavy atom. The number of aliphatic hydroxyl groups excluding tert-OH is 1. The molecule has 0 saturated heterocycles. The maximum absolute atomic E-state index is 10.3. The molecule has 1 heterocycles. The van der Waals surface area contributed by atoms with Crippen LogP contribution in [0.1, 0.15) is 11.1 Å². The van der Waals surface area contributed by atoms with E-state index in [4.69, 9.17) is 4.42 Å². The molecule has 5 nitrogen and oxygen atoms in total. The standard InChI is InChI=1S/C17H13NO4/c19-11-15-14-3-1-2-4-16(14)22-17(15)13-7-5-12(6-8-13)9-10-18(20)21/h1-10,19H,11H2. The third-order valence-corrected chi connectivity index (χ3v) is 3.42. The Bertz CT molecular complexity index is 847. The number of hydrogen-bond donors (Lipinski definition) is 1. The van der Waals surface area contributed by atoms with Crippen molar-refractivity contribution in [2.45, 2.75) is 6.61 Å². The highest BCUT2D eigenvalue weighted by atomic mass is 16.6. The maximum atomic E-state index is 10.3. The molecule has 0 aliphatic carbocycles. The largest absolute Gasteiger partial charge is 0.456 e. The minimum absolute atomic E-state index is 0.116. The lowest BCUT2D eigenvalue weighted by atomic mass is 10.0. The summed E-state index contributed by atoms with van der Waals surface area (Å²) in [6.45, 7) is -0.116. The summed E-state index contributed by atoms with van der Waals surface area (Å²) in [5.74, 6) is 0.619. The van der Waals surface area contributed by atoms with Gasteiger partial charge in [0.15, 0.2) is 0 Å². The average Bonchev–Trinajstić information content (AvgIpc) is 2.92. The highest BCUT2D eigenvalue weighted by Gasteiger charge is 2.14. The van der Waals surface area contributed by atoms with Crippen LogP contribution in [0.25, 0.3) is 28.4 Å². The van der Waals surface area contributed by atoms with Gasteiger partial charge in [0.05, 0.1) is 11.5 Å². The first-order valence-corrected chi connectivity index (χ1v) is 6.72. The molecule has 0 aliphatic heterocycles. The zero-order valence-corrected chi connectivity index (χ0v) is 11.6. The van der Waals surface area contributed by atoms with E-state index in [9.17, 15) is 15.2 Å². The molecule has 2 aromatic carbocycles. The zero-order chi connectivity index (χ0) is 15.5. The fourth-order valence-corrected chi connectivity index (χ4v) is 2.38. The van der Waals surface area contributed by atoms with Crippen molar-refractivity contribution in [2.24, 2.45) is 0 Å². The van der Waals surface area contributed by atoms with Crippen molar-refractivity contribution in [2.75, 3.05) is 0 Å². The molecule has 0 unspecified atom stereocenters. The highest BCUT2D eigenvalue weighted by Crippen LogP contribution is 2.33. The summed E-state index contributed by atoms with van der Waals surface area (Å²) in [4.78, 5) is 9.82. The molecule has 0 aliphatic rings. The van der Waals surface area contributed by atoms with Gasteiger partial charge in [-0.05, 0) is 11.6 Å². The Kier molecular flexibility index (Phi) is 3.72. The SMILES string of the molecule is O=[N+]([O-])C=Cc1ccc(-c2oc3ccccc3c2CO)cc1. The topological polar surface area (TPSA) is 76.5 Å². The number of fused-ring (bicyclic) bond motifs is 1. The van der Waals surface area contributed by atoms with Gasteiger partial charge in [-0.3, -0.25) is 10.1 Å². The van der Waals surface area contributed by atoms with E-state index < -0.39 is 4.92 Å². The molecule has 0 radical (unpaired) electrons. The maximum Gasteiger partial charge on any atom is 0.235 e. The lowest BCUT2D eigenvalue weighted by Crippen LogP contribution is -1.86. The van der Waals surface area contributed by atoms with E-state index >= 15 is 0 Å². The van der Waals surface area contributed by atoms with Gasteiger partial charge < -0.3 is 9.52 Å². The molecule has 5 heteroatoms. The van der Waals surface area contributed by atoms with Crippen LogP contribution in [0.5, 0.6) is 0 Å². The van der Waals surface area contributed by atoms with Gasteiger partial charge in [0, 0.05) is 22.6 Å². The zero-order valence-electron chi connectivity index (χ0n) is 11.6. The van der Waals surface area contributed by atoms with Crippen LogP contribution in [-0.2, 0) is 6.61 Å². The Labute approximate surface area is 126 Å². The Hall–Kier alpha value is -2.92. The Balaban J connectivity index is 2.02. The molecule has 0 spiro atoms. The predicted octanol–water partition coefficient (Wildman–Crippen LogP) is 3.84. The Morgan fingerprint density at radius 2 is 1.86 bits per heavy atom. The van der Waals surface area contributed by atoms with Crippen LogP contribution in [0.2, 0.25) is 0 Å². The van der Waals surface area contributed by atoms with Gasteiger partial charge in [0.2, 0.25) is 6.20 Å². The summed E-state index contributed by atoms with van der Waals surface area (Å²) < 4.78 is 5.83. The van der Waals surface area contributed by atoms with Gasteiger partial charge in [0.25, 0.3) is 0 Å². The number of nitro groups is 1. The number of nitrogens with zero attached hydrogens (tertiary/aromatic N) is 1. The van der Waals surface area contributed by atoms with Crippen LogP contribution in [0, 0.1) is 10.1 Å². The number of hydrogen-bond acceptors (Lipinski definition) is 4. The molecule has 0 amide bonds. The third-order valence-electron chi connectivity index (χ3n) is 3.42. The molecule has 1 N–H and O–H groups in total. The second kappa shape index (κ2) is 5.83. The first kappa shape index (κ1) is 14.0. The summed E-state index contributed by atoms with van der Waals surface area (Å²) in [6, 6.07) is 14.7. The van der Waals surface area contributed by atoms with E-state index in [1.165, 1.54) is 6.08 Å². The molecule has 3 aromatic rings. The van der Waals surface area contributed by atoms with Crippen molar-refractivity contribution < 1.29 is 14.4 Å². The van der Waals surface area contributed by atoms with E-state index in [0.29, 0.717) is 5.76 Å². The first-order valence-electron chi connectivity index (χ1n) is 6.72. The van der Waals surface area contributed by atoms with Gasteiger partial charge in [-0.15, -0.1) is 0 Å². The fraction of sp³-hybridized carbons (Fsp3) is 0.0588. The first-order chi connectivity index (χ1) is 10.7. The molecule has 0 saturated carbocycles. The van der Waals surface area contributed by atoms with Crippen molar-refractivity contribution in [3.8, 4) is 11.3 Å². The van der Waals surface area contributed by atoms with E-state index in [2.05, 4.69) is 0 Å². The number of benzene rings is 2. The van der Waals surface area contributed by atoms with E-state index in [0.717, 1.165) is 33.9 Å². The van der Waals surface area contributed by atoms with Crippen molar-refractivity contribution in [1.29, 1.82) is 0 Å².